The maximum absolute atomic E-state index is 4.76. The first kappa shape index (κ1) is 9.20. The molecular weight excluding hydrogens is 198 g/mol. The number of rotatable bonds is 2. The minimum Gasteiger partial charge on any atom is -0.263 e. The topological polar surface area (TPSA) is 41.6 Å². The summed E-state index contributed by atoms with van der Waals surface area (Å²) in [6, 6.07) is 0. The Morgan fingerprint density at radius 1 is 0.938 bits per heavy atom. The number of nitrogens with one attached hydrogen (secondary N) is 1. The number of nitrogens with zero attached hydrogens (tertiary/aromatic N) is 2. The quantitative estimate of drug-likeness (QED) is 0.827. The third kappa shape index (κ3) is 1.40. The molecule has 3 heteroatoms. The van der Waals surface area contributed by atoms with Gasteiger partial charge in [0.15, 0.2) is 5.82 Å². The van der Waals surface area contributed by atoms with Gasteiger partial charge in [-0.05, 0) is 43.9 Å². The first-order valence-electron chi connectivity index (χ1n) is 6.82. The second-order valence-electron chi connectivity index (χ2n) is 5.98. The number of aromatic nitrogens is 3. The van der Waals surface area contributed by atoms with E-state index in [-0.39, 0.29) is 0 Å². The van der Waals surface area contributed by atoms with Crippen LogP contribution in [0.15, 0.2) is 0 Å². The van der Waals surface area contributed by atoms with Gasteiger partial charge < -0.3 is 0 Å². The van der Waals surface area contributed by atoms with Crippen LogP contribution < -0.4 is 0 Å². The summed E-state index contributed by atoms with van der Waals surface area (Å²) in [7, 11) is 0. The lowest BCUT2D eigenvalue weighted by Crippen LogP contribution is -1.99. The van der Waals surface area contributed by atoms with Gasteiger partial charge in [-0.1, -0.05) is 12.8 Å². The van der Waals surface area contributed by atoms with E-state index in [9.17, 15) is 0 Å². The number of hydrogen-bond donors (Lipinski definition) is 1. The van der Waals surface area contributed by atoms with Crippen LogP contribution in [0.4, 0.5) is 0 Å². The van der Waals surface area contributed by atoms with Crippen LogP contribution in [0.1, 0.15) is 68.4 Å². The monoisotopic (exact) mass is 217 g/mol. The first-order valence-corrected chi connectivity index (χ1v) is 6.82. The smallest absolute Gasteiger partial charge is 0.153 e. The van der Waals surface area contributed by atoms with Crippen LogP contribution in [-0.4, -0.2) is 15.2 Å². The molecule has 1 heterocycles. The van der Waals surface area contributed by atoms with Gasteiger partial charge in [0.1, 0.15) is 5.82 Å². The molecule has 0 bridgehead atoms. The van der Waals surface area contributed by atoms with E-state index < -0.39 is 0 Å². The van der Waals surface area contributed by atoms with Crippen LogP contribution in [-0.2, 0) is 0 Å². The SMILES string of the molecule is C1CCC(c2nc(C3CC4CC4C3)n[nH]2)C1. The number of hydrogen-bond acceptors (Lipinski definition) is 2. The van der Waals surface area contributed by atoms with Gasteiger partial charge in [0.25, 0.3) is 0 Å². The highest BCUT2D eigenvalue weighted by atomic mass is 15.2. The molecule has 3 fully saturated rings. The highest BCUT2D eigenvalue weighted by Crippen LogP contribution is 2.57. The fourth-order valence-corrected chi connectivity index (χ4v) is 3.78. The van der Waals surface area contributed by atoms with E-state index in [1.54, 1.807) is 0 Å². The van der Waals surface area contributed by atoms with Crippen LogP contribution in [0.3, 0.4) is 0 Å². The highest BCUT2D eigenvalue weighted by Gasteiger charge is 2.47. The van der Waals surface area contributed by atoms with Crippen molar-refractivity contribution < 1.29 is 0 Å². The van der Waals surface area contributed by atoms with Crippen molar-refractivity contribution in [1.29, 1.82) is 0 Å². The van der Waals surface area contributed by atoms with Gasteiger partial charge >= 0.3 is 0 Å². The van der Waals surface area contributed by atoms with Crippen LogP contribution in [0, 0.1) is 11.8 Å². The lowest BCUT2D eigenvalue weighted by atomic mass is 10.0. The Hall–Kier alpha value is -0.860. The first-order chi connectivity index (χ1) is 7.90. The van der Waals surface area contributed by atoms with Crippen LogP contribution in [0.2, 0.25) is 0 Å². The molecule has 3 aliphatic rings. The Bertz CT molecular complexity index is 382. The minimum absolute atomic E-state index is 0.676. The van der Waals surface area contributed by atoms with Gasteiger partial charge in [-0.2, -0.15) is 5.10 Å². The molecule has 0 spiro atoms. The summed E-state index contributed by atoms with van der Waals surface area (Å²) in [5, 5.41) is 7.65. The van der Waals surface area contributed by atoms with Crippen molar-refractivity contribution >= 4 is 0 Å². The molecule has 0 saturated heterocycles. The van der Waals surface area contributed by atoms with Gasteiger partial charge in [0.05, 0.1) is 0 Å². The number of aromatic amines is 1. The molecule has 2 unspecified atom stereocenters. The zero-order valence-corrected chi connectivity index (χ0v) is 9.65. The van der Waals surface area contributed by atoms with E-state index in [0.717, 1.165) is 17.7 Å². The van der Waals surface area contributed by atoms with E-state index in [1.165, 1.54) is 50.8 Å². The van der Waals surface area contributed by atoms with Crippen molar-refractivity contribution in [1.82, 2.24) is 15.2 Å². The van der Waals surface area contributed by atoms with E-state index in [1.807, 2.05) is 0 Å². The van der Waals surface area contributed by atoms with E-state index in [0.29, 0.717) is 11.8 Å². The van der Waals surface area contributed by atoms with Gasteiger partial charge in [-0.15, -0.1) is 0 Å². The Kier molecular flexibility index (Phi) is 1.91. The predicted molar refractivity (Wildman–Crippen MR) is 61.2 cm³/mol. The summed E-state index contributed by atoms with van der Waals surface area (Å²) in [6.07, 6.45) is 9.55. The summed E-state index contributed by atoms with van der Waals surface area (Å²) in [4.78, 5) is 4.76. The largest absolute Gasteiger partial charge is 0.263 e. The van der Waals surface area contributed by atoms with E-state index >= 15 is 0 Å². The molecule has 16 heavy (non-hydrogen) atoms. The van der Waals surface area contributed by atoms with Crippen molar-refractivity contribution in [2.45, 2.75) is 56.8 Å². The lowest BCUT2D eigenvalue weighted by molar-refractivity contribution is 0.590. The zero-order valence-electron chi connectivity index (χ0n) is 9.65. The van der Waals surface area contributed by atoms with Gasteiger partial charge in [-0.3, -0.25) is 5.10 Å². The van der Waals surface area contributed by atoms with Crippen molar-refractivity contribution in [3.8, 4) is 0 Å². The molecule has 0 aliphatic heterocycles. The molecule has 1 N–H and O–H groups in total. The van der Waals surface area contributed by atoms with E-state index in [4.69, 9.17) is 4.98 Å². The second kappa shape index (κ2) is 3.31. The fourth-order valence-electron chi connectivity index (χ4n) is 3.78. The third-order valence-electron chi connectivity index (χ3n) is 4.87. The Labute approximate surface area is 96.0 Å². The maximum atomic E-state index is 4.76. The molecule has 86 valence electrons. The average molecular weight is 217 g/mol. The number of fused-ring (bicyclic) bond motifs is 1. The van der Waals surface area contributed by atoms with Gasteiger partial charge in [0.2, 0.25) is 0 Å². The molecule has 2 atom stereocenters. The Morgan fingerprint density at radius 2 is 1.69 bits per heavy atom. The average Bonchev–Trinajstić information content (AvgIpc) is 2.86. The van der Waals surface area contributed by atoms with Gasteiger partial charge in [-0.25, -0.2) is 4.98 Å². The molecule has 4 rings (SSSR count). The minimum atomic E-state index is 0.676. The van der Waals surface area contributed by atoms with Crippen molar-refractivity contribution in [2.24, 2.45) is 11.8 Å². The molecule has 0 aromatic carbocycles. The molecule has 1 aromatic rings. The summed E-state index contributed by atoms with van der Waals surface area (Å²) in [5.74, 6) is 5.70. The summed E-state index contributed by atoms with van der Waals surface area (Å²) >= 11 is 0. The third-order valence-corrected chi connectivity index (χ3v) is 4.87. The molecule has 0 amide bonds. The zero-order chi connectivity index (χ0) is 10.5. The van der Waals surface area contributed by atoms with Crippen LogP contribution in [0.5, 0.6) is 0 Å². The fraction of sp³-hybridized carbons (Fsp3) is 0.846. The Morgan fingerprint density at radius 3 is 2.44 bits per heavy atom. The van der Waals surface area contributed by atoms with Crippen molar-refractivity contribution in [3.05, 3.63) is 11.6 Å². The molecule has 3 aliphatic carbocycles. The molecule has 1 aromatic heterocycles. The Balaban J connectivity index is 1.51. The lowest BCUT2D eigenvalue weighted by Gasteiger charge is -2.06. The van der Waals surface area contributed by atoms with E-state index in [2.05, 4.69) is 10.2 Å². The highest BCUT2D eigenvalue weighted by molar-refractivity contribution is 5.10. The standard InChI is InChI=1S/C13H19N3/c1-2-4-8(3-1)12-14-13(16-15-12)11-6-9-5-10(9)7-11/h8-11H,1-7H2,(H,14,15,16). The second-order valence-corrected chi connectivity index (χ2v) is 5.98. The molecule has 3 nitrogen and oxygen atoms in total. The summed E-state index contributed by atoms with van der Waals surface area (Å²) in [6.45, 7) is 0. The van der Waals surface area contributed by atoms with Gasteiger partial charge in [0, 0.05) is 11.8 Å². The summed E-state index contributed by atoms with van der Waals surface area (Å²) in [5.41, 5.74) is 0. The summed E-state index contributed by atoms with van der Waals surface area (Å²) < 4.78 is 0. The van der Waals surface area contributed by atoms with Crippen molar-refractivity contribution in [2.75, 3.05) is 0 Å². The maximum Gasteiger partial charge on any atom is 0.153 e. The normalized spacial score (nSPS) is 37.9. The predicted octanol–water partition coefficient (Wildman–Crippen LogP) is 2.98. The van der Waals surface area contributed by atoms with Crippen LogP contribution in [0.25, 0.3) is 0 Å². The van der Waals surface area contributed by atoms with Crippen molar-refractivity contribution in [3.63, 3.8) is 0 Å². The number of H-pyrrole nitrogens is 1. The molecular formula is C13H19N3. The van der Waals surface area contributed by atoms with Crippen LogP contribution >= 0.6 is 0 Å². The molecule has 0 radical (unpaired) electrons. The molecule has 3 saturated carbocycles.